The van der Waals surface area contributed by atoms with Crippen LogP contribution in [0.3, 0.4) is 0 Å². The van der Waals surface area contributed by atoms with E-state index in [0.29, 0.717) is 47.2 Å². The van der Waals surface area contributed by atoms with E-state index in [-0.39, 0.29) is 0 Å². The quantitative estimate of drug-likeness (QED) is 0.626. The lowest BCUT2D eigenvalue weighted by Gasteiger charge is -2.36. The van der Waals surface area contributed by atoms with Gasteiger partial charge in [0.2, 0.25) is 5.95 Å². The summed E-state index contributed by atoms with van der Waals surface area (Å²) >= 11 is 6.12. The number of fused-ring (bicyclic) bond motifs is 2. The molecule has 2 unspecified atom stereocenters. The zero-order valence-corrected chi connectivity index (χ0v) is 18.7. The molecule has 1 saturated heterocycles. The van der Waals surface area contributed by atoms with Crippen molar-refractivity contribution in [3.8, 4) is 17.7 Å². The van der Waals surface area contributed by atoms with Crippen molar-refractivity contribution >= 4 is 17.5 Å². The monoisotopic (exact) mass is 441 g/mol. The lowest BCUT2D eigenvalue weighted by molar-refractivity contribution is 0.352. The number of imidazole rings is 1. The predicted molar refractivity (Wildman–Crippen MR) is 120 cm³/mol. The van der Waals surface area contributed by atoms with Crippen LogP contribution >= 0.6 is 11.6 Å². The number of halogens is 1. The van der Waals surface area contributed by atoms with Crippen molar-refractivity contribution in [1.29, 1.82) is 0 Å². The van der Waals surface area contributed by atoms with Gasteiger partial charge in [-0.2, -0.15) is 4.98 Å². The zero-order chi connectivity index (χ0) is 21.5. The first-order chi connectivity index (χ1) is 15.0. The molecule has 2 N–H and O–H groups in total. The molecule has 2 fully saturated rings. The molecule has 3 heterocycles. The number of rotatable bonds is 6. The van der Waals surface area contributed by atoms with Gasteiger partial charge in [-0.05, 0) is 56.2 Å². The number of hydrogen-bond acceptors (Lipinski definition) is 6. The molecule has 1 aliphatic carbocycles. The third-order valence-corrected chi connectivity index (χ3v) is 6.61. The molecule has 2 bridgehead atoms. The summed E-state index contributed by atoms with van der Waals surface area (Å²) in [5, 5.41) is 5.38. The molecule has 0 radical (unpaired) electrons. The summed E-state index contributed by atoms with van der Waals surface area (Å²) in [4.78, 5) is 11.8. The fourth-order valence-electron chi connectivity index (χ4n) is 4.80. The number of aryl methyl sites for hydroxylation is 2. The van der Waals surface area contributed by atoms with E-state index in [1.807, 2.05) is 35.9 Å². The predicted octanol–water partition coefficient (Wildman–Crippen LogP) is 3.80. The SMILES string of the molecule is CCCn1nc(-n2c(C)cnc2N2CC3CCC(C2)C3N)nc1Oc1cccc(Cl)c1. The molecule has 2 aromatic heterocycles. The largest absolute Gasteiger partial charge is 0.424 e. The first kappa shape index (κ1) is 20.3. The Balaban J connectivity index is 1.49. The number of nitrogens with two attached hydrogens (primary N) is 1. The van der Waals surface area contributed by atoms with Crippen molar-refractivity contribution in [2.24, 2.45) is 17.6 Å². The van der Waals surface area contributed by atoms with Crippen molar-refractivity contribution in [3.63, 3.8) is 0 Å². The average Bonchev–Trinajstić information content (AvgIpc) is 3.35. The van der Waals surface area contributed by atoms with Gasteiger partial charge in [0.1, 0.15) is 5.75 Å². The molecule has 31 heavy (non-hydrogen) atoms. The lowest BCUT2D eigenvalue weighted by Crippen LogP contribution is -2.49. The molecule has 5 rings (SSSR count). The minimum Gasteiger partial charge on any atom is -0.424 e. The Morgan fingerprint density at radius 1 is 1.23 bits per heavy atom. The minimum atomic E-state index is 0.306. The third kappa shape index (κ3) is 3.78. The molecule has 1 aromatic carbocycles. The van der Waals surface area contributed by atoms with E-state index >= 15 is 0 Å². The number of ether oxygens (including phenoxy) is 1. The van der Waals surface area contributed by atoms with Gasteiger partial charge in [-0.25, -0.2) is 14.2 Å². The first-order valence-corrected chi connectivity index (χ1v) is 11.3. The van der Waals surface area contributed by atoms with Crippen LogP contribution in [0.25, 0.3) is 5.95 Å². The summed E-state index contributed by atoms with van der Waals surface area (Å²) in [6.07, 6.45) is 5.19. The Kier molecular flexibility index (Phi) is 5.35. The lowest BCUT2D eigenvalue weighted by atomic mass is 9.93. The van der Waals surface area contributed by atoms with E-state index in [9.17, 15) is 0 Å². The number of hydrogen-bond donors (Lipinski definition) is 1. The van der Waals surface area contributed by atoms with Gasteiger partial charge in [-0.3, -0.25) is 0 Å². The molecule has 0 amide bonds. The number of nitrogens with zero attached hydrogens (tertiary/aromatic N) is 6. The highest BCUT2D eigenvalue weighted by Gasteiger charge is 2.41. The maximum atomic E-state index is 6.41. The van der Waals surface area contributed by atoms with Crippen LogP contribution in [-0.2, 0) is 6.54 Å². The highest BCUT2D eigenvalue weighted by molar-refractivity contribution is 6.30. The Morgan fingerprint density at radius 2 is 2.00 bits per heavy atom. The van der Waals surface area contributed by atoms with E-state index in [0.717, 1.165) is 31.2 Å². The van der Waals surface area contributed by atoms with Crippen LogP contribution < -0.4 is 15.4 Å². The van der Waals surface area contributed by atoms with Crippen molar-refractivity contribution in [1.82, 2.24) is 24.3 Å². The highest BCUT2D eigenvalue weighted by atomic mass is 35.5. The molecule has 0 spiro atoms. The van der Waals surface area contributed by atoms with E-state index in [1.54, 1.807) is 10.7 Å². The smallest absolute Gasteiger partial charge is 0.322 e. The van der Waals surface area contributed by atoms with Gasteiger partial charge >= 0.3 is 6.01 Å². The third-order valence-electron chi connectivity index (χ3n) is 6.38. The van der Waals surface area contributed by atoms with E-state index in [1.165, 1.54) is 12.8 Å². The second-order valence-corrected chi connectivity index (χ2v) is 9.03. The second-order valence-electron chi connectivity index (χ2n) is 8.59. The van der Waals surface area contributed by atoms with Gasteiger partial charge < -0.3 is 15.4 Å². The van der Waals surface area contributed by atoms with Crippen molar-refractivity contribution in [2.75, 3.05) is 18.0 Å². The van der Waals surface area contributed by atoms with Crippen LogP contribution in [0.5, 0.6) is 11.8 Å². The first-order valence-electron chi connectivity index (χ1n) is 11.0. The average molecular weight is 442 g/mol. The van der Waals surface area contributed by atoms with Crippen LogP contribution in [0, 0.1) is 18.8 Å². The number of benzene rings is 1. The summed E-state index contributed by atoms with van der Waals surface area (Å²) in [6, 6.07) is 8.05. The van der Waals surface area contributed by atoms with E-state index in [4.69, 9.17) is 37.1 Å². The summed E-state index contributed by atoms with van der Waals surface area (Å²) in [6.45, 7) is 6.68. The minimum absolute atomic E-state index is 0.306. The zero-order valence-electron chi connectivity index (χ0n) is 17.9. The topological polar surface area (TPSA) is 87.0 Å². The van der Waals surface area contributed by atoms with Gasteiger partial charge in [-0.15, -0.1) is 5.10 Å². The van der Waals surface area contributed by atoms with Crippen LogP contribution in [0.2, 0.25) is 5.02 Å². The Morgan fingerprint density at radius 3 is 2.71 bits per heavy atom. The Labute approximate surface area is 187 Å². The number of anilines is 1. The molecule has 9 heteroatoms. The van der Waals surface area contributed by atoms with Crippen molar-refractivity contribution in [2.45, 2.75) is 45.7 Å². The van der Waals surface area contributed by atoms with Gasteiger partial charge in [0.15, 0.2) is 0 Å². The van der Waals surface area contributed by atoms with Gasteiger partial charge in [0.25, 0.3) is 5.95 Å². The Hall–Kier alpha value is -2.58. The second kappa shape index (κ2) is 8.16. The summed E-state index contributed by atoms with van der Waals surface area (Å²) < 4.78 is 9.87. The molecule has 2 aliphatic rings. The van der Waals surface area contributed by atoms with Crippen molar-refractivity contribution in [3.05, 3.63) is 41.2 Å². The fraction of sp³-hybridized carbons (Fsp3) is 0.500. The molecule has 1 aliphatic heterocycles. The molecule has 2 atom stereocenters. The summed E-state index contributed by atoms with van der Waals surface area (Å²) in [5.74, 6) is 3.13. The number of aromatic nitrogens is 5. The van der Waals surface area contributed by atoms with E-state index < -0.39 is 0 Å². The van der Waals surface area contributed by atoms with Crippen LogP contribution in [0.4, 0.5) is 5.95 Å². The molecule has 8 nitrogen and oxygen atoms in total. The maximum Gasteiger partial charge on any atom is 0.322 e. The van der Waals surface area contributed by atoms with Gasteiger partial charge in [0, 0.05) is 36.4 Å². The Bertz CT molecular complexity index is 1060. The fourth-order valence-corrected chi connectivity index (χ4v) is 4.98. The molecular formula is C22H28ClN7O. The highest BCUT2D eigenvalue weighted by Crippen LogP contribution is 2.38. The van der Waals surface area contributed by atoms with Crippen LogP contribution in [0.1, 0.15) is 31.9 Å². The van der Waals surface area contributed by atoms with Crippen LogP contribution in [0.15, 0.2) is 30.5 Å². The number of piperidine rings is 1. The van der Waals surface area contributed by atoms with E-state index in [2.05, 4.69) is 11.8 Å². The van der Waals surface area contributed by atoms with Gasteiger partial charge in [0.05, 0.1) is 6.20 Å². The standard InChI is InChI=1S/C22H28ClN7O/c1-3-9-29-22(31-18-6-4-5-17(23)10-18)26-20(27-29)30-14(2)11-25-21(30)28-12-15-7-8-16(13-28)19(15)24/h4-6,10-11,15-16,19H,3,7-9,12-13,24H2,1-2H3. The molecular weight excluding hydrogens is 414 g/mol. The maximum absolute atomic E-state index is 6.41. The summed E-state index contributed by atoms with van der Waals surface area (Å²) in [7, 11) is 0. The summed E-state index contributed by atoms with van der Waals surface area (Å²) in [5.41, 5.74) is 7.40. The normalized spacial score (nSPS) is 22.8. The van der Waals surface area contributed by atoms with Crippen molar-refractivity contribution < 1.29 is 4.74 Å². The van der Waals surface area contributed by atoms with Gasteiger partial charge in [-0.1, -0.05) is 24.6 Å². The van der Waals surface area contributed by atoms with Crippen LogP contribution in [-0.4, -0.2) is 43.4 Å². The molecule has 1 saturated carbocycles. The molecule has 164 valence electrons. The molecule has 3 aromatic rings.